The van der Waals surface area contributed by atoms with E-state index >= 15 is 0 Å². The lowest BCUT2D eigenvalue weighted by Gasteiger charge is -1.90. The highest BCUT2D eigenvalue weighted by molar-refractivity contribution is 6.07. The van der Waals surface area contributed by atoms with E-state index in [1.807, 2.05) is 36.4 Å². The van der Waals surface area contributed by atoms with Crippen LogP contribution in [0.25, 0.3) is 21.8 Å². The summed E-state index contributed by atoms with van der Waals surface area (Å²) in [6, 6.07) is 15.0. The first kappa shape index (κ1) is 7.56. The van der Waals surface area contributed by atoms with Crippen LogP contribution >= 0.6 is 0 Å². The largest absolute Gasteiger partial charge is 0.179 e. The Bertz CT molecular complexity index is 557. The van der Waals surface area contributed by atoms with Gasteiger partial charge in [0, 0.05) is 10.8 Å². The molecule has 0 amide bonds. The Morgan fingerprint density at radius 2 is 1.14 bits per heavy atom. The molecule has 0 aliphatic rings. The van der Waals surface area contributed by atoms with Gasteiger partial charge in [0.1, 0.15) is 0 Å². The number of aromatic nitrogens is 1. The maximum absolute atomic E-state index is 13.7. The lowest BCUT2D eigenvalue weighted by molar-refractivity contribution is 0.405. The van der Waals surface area contributed by atoms with E-state index in [-0.39, 0.29) is 0 Å². The van der Waals surface area contributed by atoms with Crippen molar-refractivity contribution in [3.63, 3.8) is 0 Å². The molecule has 0 aliphatic carbocycles. The molecule has 68 valence electrons. The molecule has 0 fully saturated rings. The summed E-state index contributed by atoms with van der Waals surface area (Å²) in [5, 5.41) is 1.93. The molecule has 3 rings (SSSR count). The maximum atomic E-state index is 13.7. The van der Waals surface area contributed by atoms with Crippen LogP contribution in [-0.2, 0) is 0 Å². The van der Waals surface area contributed by atoms with Crippen LogP contribution in [0.5, 0.6) is 0 Å². The van der Waals surface area contributed by atoms with Gasteiger partial charge in [0.05, 0.1) is 11.0 Å². The predicted molar refractivity (Wildman–Crippen MR) is 56.0 cm³/mol. The van der Waals surface area contributed by atoms with Gasteiger partial charge in [0.2, 0.25) is 0 Å². The van der Waals surface area contributed by atoms with Crippen molar-refractivity contribution in [1.29, 1.82) is 0 Å². The molecule has 1 aromatic heterocycles. The number of benzene rings is 2. The molecule has 2 aromatic carbocycles. The average molecular weight is 185 g/mol. The van der Waals surface area contributed by atoms with Gasteiger partial charge in [0.15, 0.2) is 0 Å². The fourth-order valence-electron chi connectivity index (χ4n) is 1.87. The van der Waals surface area contributed by atoms with Gasteiger partial charge >= 0.3 is 0 Å². The van der Waals surface area contributed by atoms with Gasteiger partial charge in [-0.3, -0.25) is 0 Å². The van der Waals surface area contributed by atoms with Crippen LogP contribution in [0.15, 0.2) is 48.5 Å². The summed E-state index contributed by atoms with van der Waals surface area (Å²) in [5.41, 5.74) is 1.27. The van der Waals surface area contributed by atoms with Crippen molar-refractivity contribution in [2.75, 3.05) is 0 Å². The summed E-state index contributed by atoms with van der Waals surface area (Å²) in [5.74, 6) is 0. The second kappa shape index (κ2) is 2.58. The molecular weight excluding hydrogens is 177 g/mol. The van der Waals surface area contributed by atoms with E-state index in [1.165, 1.54) is 0 Å². The number of halogens is 1. The van der Waals surface area contributed by atoms with E-state index in [4.69, 9.17) is 0 Å². The van der Waals surface area contributed by atoms with Crippen LogP contribution in [0.4, 0.5) is 4.48 Å². The van der Waals surface area contributed by atoms with E-state index in [0.717, 1.165) is 15.6 Å². The molecule has 0 atom stereocenters. The SMILES string of the molecule is Fn1c2ccccc2c2ccccc21. The van der Waals surface area contributed by atoms with E-state index in [2.05, 4.69) is 0 Å². The predicted octanol–water partition coefficient (Wildman–Crippen LogP) is 3.53. The molecule has 0 saturated heterocycles. The van der Waals surface area contributed by atoms with Gasteiger partial charge in [-0.2, -0.15) is 4.79 Å². The smallest absolute Gasteiger partial charge is 0.0826 e. The topological polar surface area (TPSA) is 4.93 Å². The zero-order valence-corrected chi connectivity index (χ0v) is 7.44. The summed E-state index contributed by atoms with van der Waals surface area (Å²) < 4.78 is 13.7. The van der Waals surface area contributed by atoms with Crippen molar-refractivity contribution in [2.24, 2.45) is 0 Å². The van der Waals surface area contributed by atoms with E-state index in [1.54, 1.807) is 12.1 Å². The molecule has 2 heteroatoms. The van der Waals surface area contributed by atoms with Crippen molar-refractivity contribution in [3.05, 3.63) is 48.5 Å². The highest BCUT2D eigenvalue weighted by atomic mass is 19.2. The molecule has 3 aromatic rings. The molecule has 0 aliphatic heterocycles. The van der Waals surface area contributed by atoms with Gasteiger partial charge in [-0.05, 0) is 12.1 Å². The Labute approximate surface area is 80.3 Å². The van der Waals surface area contributed by atoms with Crippen molar-refractivity contribution in [1.82, 2.24) is 4.79 Å². The minimum Gasteiger partial charge on any atom is -0.179 e. The Balaban J connectivity index is 2.69. The number of hydrogen-bond acceptors (Lipinski definition) is 0. The van der Waals surface area contributed by atoms with Gasteiger partial charge in [-0.1, -0.05) is 40.9 Å². The number of fused-ring (bicyclic) bond motifs is 3. The molecule has 0 spiro atoms. The zero-order valence-electron chi connectivity index (χ0n) is 7.44. The molecule has 14 heavy (non-hydrogen) atoms. The van der Waals surface area contributed by atoms with Crippen LogP contribution in [0, 0.1) is 0 Å². The van der Waals surface area contributed by atoms with Crippen LogP contribution < -0.4 is 0 Å². The molecule has 0 N–H and O–H groups in total. The fraction of sp³-hybridized carbons (Fsp3) is 0. The summed E-state index contributed by atoms with van der Waals surface area (Å²) in [4.78, 5) is 0.741. The maximum Gasteiger partial charge on any atom is 0.0826 e. The van der Waals surface area contributed by atoms with Gasteiger partial charge in [-0.25, -0.2) is 0 Å². The fourth-order valence-corrected chi connectivity index (χ4v) is 1.87. The normalized spacial score (nSPS) is 11.2. The number of rotatable bonds is 0. The average Bonchev–Trinajstić information content (AvgIpc) is 2.55. The molecule has 0 unspecified atom stereocenters. The van der Waals surface area contributed by atoms with Crippen molar-refractivity contribution < 1.29 is 4.48 Å². The van der Waals surface area contributed by atoms with Crippen molar-refractivity contribution >= 4 is 21.8 Å². The molecule has 0 saturated carbocycles. The first-order valence-corrected chi connectivity index (χ1v) is 4.52. The highest BCUT2D eigenvalue weighted by Crippen LogP contribution is 2.28. The van der Waals surface area contributed by atoms with E-state index in [0.29, 0.717) is 11.0 Å². The van der Waals surface area contributed by atoms with Crippen LogP contribution in [-0.4, -0.2) is 4.79 Å². The molecule has 1 heterocycles. The van der Waals surface area contributed by atoms with Gasteiger partial charge < -0.3 is 0 Å². The third kappa shape index (κ3) is 0.826. The third-order valence-corrected chi connectivity index (χ3v) is 2.52. The highest BCUT2D eigenvalue weighted by Gasteiger charge is 2.07. The quantitative estimate of drug-likeness (QED) is 0.505. The van der Waals surface area contributed by atoms with Crippen LogP contribution in [0.1, 0.15) is 0 Å². The van der Waals surface area contributed by atoms with E-state index in [9.17, 15) is 4.48 Å². The Kier molecular flexibility index (Phi) is 1.39. The number of nitrogens with zero attached hydrogens (tertiary/aromatic N) is 1. The first-order chi connectivity index (χ1) is 6.88. The van der Waals surface area contributed by atoms with Crippen molar-refractivity contribution in [2.45, 2.75) is 0 Å². The van der Waals surface area contributed by atoms with Crippen molar-refractivity contribution in [3.8, 4) is 0 Å². The lowest BCUT2D eigenvalue weighted by Crippen LogP contribution is -1.78. The molecular formula is C12H8FN. The summed E-state index contributed by atoms with van der Waals surface area (Å²) >= 11 is 0. The van der Waals surface area contributed by atoms with Crippen LogP contribution in [0.2, 0.25) is 0 Å². The minimum absolute atomic E-state index is 0.633. The second-order valence-electron chi connectivity index (χ2n) is 3.32. The Morgan fingerprint density at radius 1 is 0.714 bits per heavy atom. The summed E-state index contributed by atoms with van der Waals surface area (Å²) in [6.45, 7) is 0. The summed E-state index contributed by atoms with van der Waals surface area (Å²) in [6.07, 6.45) is 0. The number of hydrogen-bond donors (Lipinski definition) is 0. The molecule has 0 bridgehead atoms. The summed E-state index contributed by atoms with van der Waals surface area (Å²) in [7, 11) is 0. The standard InChI is InChI=1S/C12H8FN/c13-14-11-7-3-1-5-9(11)10-6-2-4-8-12(10)14/h1-8H. The second-order valence-corrected chi connectivity index (χ2v) is 3.32. The third-order valence-electron chi connectivity index (χ3n) is 2.52. The number of para-hydroxylation sites is 2. The lowest BCUT2D eigenvalue weighted by atomic mass is 10.2. The molecule has 0 radical (unpaired) electrons. The monoisotopic (exact) mass is 185 g/mol. The first-order valence-electron chi connectivity index (χ1n) is 4.52. The van der Waals surface area contributed by atoms with E-state index < -0.39 is 0 Å². The van der Waals surface area contributed by atoms with Crippen LogP contribution in [0.3, 0.4) is 0 Å². The van der Waals surface area contributed by atoms with Gasteiger partial charge in [0.25, 0.3) is 0 Å². The minimum atomic E-state index is 0.633. The Hall–Kier alpha value is -1.83. The zero-order chi connectivity index (χ0) is 9.54. The van der Waals surface area contributed by atoms with Gasteiger partial charge in [-0.15, -0.1) is 0 Å². The molecule has 1 nitrogen and oxygen atoms in total. The Morgan fingerprint density at radius 3 is 1.64 bits per heavy atom.